The number of primary amides is 1. The van der Waals surface area contributed by atoms with Gasteiger partial charge in [0.05, 0.1) is 29.1 Å². The number of fused-ring (bicyclic) bond motifs is 1. The molecule has 0 unspecified atom stereocenters. The van der Waals surface area contributed by atoms with E-state index >= 15 is 0 Å². The largest absolute Gasteiger partial charge is 0.379 e. The summed E-state index contributed by atoms with van der Waals surface area (Å²) in [7, 11) is -1.92. The van der Waals surface area contributed by atoms with Crippen LogP contribution in [-0.2, 0) is 14.8 Å². The highest BCUT2D eigenvalue weighted by atomic mass is 32.2. The third-order valence-corrected chi connectivity index (χ3v) is 7.95. The lowest BCUT2D eigenvalue weighted by Crippen LogP contribution is -2.40. The Labute approximate surface area is 213 Å². The van der Waals surface area contributed by atoms with Gasteiger partial charge in [-0.25, -0.2) is 23.1 Å². The number of ether oxygens (including phenoxy) is 1. The minimum absolute atomic E-state index is 0.0703. The second kappa shape index (κ2) is 9.76. The van der Waals surface area contributed by atoms with E-state index in [1.165, 1.54) is 4.31 Å². The molecule has 0 spiro atoms. The van der Waals surface area contributed by atoms with Gasteiger partial charge in [-0.05, 0) is 36.8 Å². The molecule has 192 valence electrons. The first kappa shape index (κ1) is 24.6. The summed E-state index contributed by atoms with van der Waals surface area (Å²) >= 11 is 0. The average molecular weight is 523 g/mol. The number of nitrogens with one attached hydrogen (secondary N) is 1. The normalized spacial score (nSPS) is 14.5. The van der Waals surface area contributed by atoms with Crippen molar-refractivity contribution in [2.24, 2.45) is 5.73 Å². The van der Waals surface area contributed by atoms with Crippen LogP contribution in [0.15, 0.2) is 59.6 Å². The number of sulfonamides is 1. The van der Waals surface area contributed by atoms with Crippen molar-refractivity contribution in [3.63, 3.8) is 0 Å². The predicted octanol–water partition coefficient (Wildman–Crippen LogP) is 1.90. The molecule has 0 atom stereocenters. The third kappa shape index (κ3) is 4.71. The molecule has 0 radical (unpaired) electrons. The molecule has 2 aromatic carbocycles. The Morgan fingerprint density at radius 1 is 1.11 bits per heavy atom. The molecule has 0 aliphatic carbocycles. The molecule has 4 aromatic rings. The Morgan fingerprint density at radius 3 is 2.62 bits per heavy atom. The number of carbonyl (C=O) groups is 1. The molecule has 13 heteroatoms. The SMILES string of the molecule is Cc1cccc2c1nc(C(N)=O)n2N(C)c1ccnc(Nc2cccc(S(=O)(=O)N3CCOCC3)c2)n1. The summed E-state index contributed by atoms with van der Waals surface area (Å²) in [5.74, 6) is 0.0958. The van der Waals surface area contributed by atoms with Gasteiger partial charge in [-0.1, -0.05) is 18.2 Å². The van der Waals surface area contributed by atoms with Gasteiger partial charge in [0, 0.05) is 38.1 Å². The van der Waals surface area contributed by atoms with Crippen molar-refractivity contribution in [2.45, 2.75) is 11.8 Å². The minimum Gasteiger partial charge on any atom is -0.379 e. The minimum atomic E-state index is -3.66. The number of benzene rings is 2. The van der Waals surface area contributed by atoms with E-state index in [0.717, 1.165) is 5.56 Å². The molecule has 5 rings (SSSR count). The van der Waals surface area contributed by atoms with Gasteiger partial charge in [-0.2, -0.15) is 9.29 Å². The van der Waals surface area contributed by atoms with Gasteiger partial charge < -0.3 is 15.8 Å². The number of rotatable bonds is 7. The molecule has 1 aliphatic heterocycles. The number of aromatic nitrogens is 4. The van der Waals surface area contributed by atoms with Crippen molar-refractivity contribution in [1.29, 1.82) is 0 Å². The number of morpholine rings is 1. The molecule has 12 nitrogen and oxygen atoms in total. The standard InChI is InChI=1S/C24H26N8O4S/c1-16-5-3-8-19-21(16)29-23(22(25)33)32(19)30(2)20-9-10-26-24(28-20)27-17-6-4-7-18(15-17)37(34,35)31-11-13-36-14-12-31/h3-10,15H,11-14H2,1-2H3,(H2,25,33)(H,26,27,28). The fourth-order valence-corrected chi connectivity index (χ4v) is 5.64. The maximum absolute atomic E-state index is 13.0. The molecule has 37 heavy (non-hydrogen) atoms. The van der Waals surface area contributed by atoms with Gasteiger partial charge in [0.25, 0.3) is 5.91 Å². The van der Waals surface area contributed by atoms with Crippen LogP contribution in [0.25, 0.3) is 11.0 Å². The Hall–Kier alpha value is -4.07. The zero-order chi connectivity index (χ0) is 26.2. The van der Waals surface area contributed by atoms with Gasteiger partial charge >= 0.3 is 0 Å². The van der Waals surface area contributed by atoms with Crippen LogP contribution in [0.1, 0.15) is 16.2 Å². The van der Waals surface area contributed by atoms with Crippen molar-refractivity contribution >= 4 is 44.4 Å². The summed E-state index contributed by atoms with van der Waals surface area (Å²) in [6.45, 7) is 3.27. The molecule has 2 aromatic heterocycles. The van der Waals surface area contributed by atoms with E-state index < -0.39 is 15.9 Å². The maximum Gasteiger partial charge on any atom is 0.286 e. The second-order valence-corrected chi connectivity index (χ2v) is 10.4. The molecule has 0 saturated carbocycles. The Kier molecular flexibility index (Phi) is 6.50. The number of carbonyl (C=O) groups excluding carboxylic acids is 1. The second-order valence-electron chi connectivity index (χ2n) is 8.49. The summed E-state index contributed by atoms with van der Waals surface area (Å²) in [5.41, 5.74) is 8.40. The molecular formula is C24H26N8O4S. The van der Waals surface area contributed by atoms with Crippen LogP contribution in [-0.4, -0.2) is 71.6 Å². The van der Waals surface area contributed by atoms with E-state index in [9.17, 15) is 13.2 Å². The lowest BCUT2D eigenvalue weighted by molar-refractivity contribution is 0.0730. The fraction of sp³-hybridized carbons (Fsp3) is 0.250. The van der Waals surface area contributed by atoms with Gasteiger partial charge in [-0.3, -0.25) is 9.80 Å². The zero-order valence-electron chi connectivity index (χ0n) is 20.3. The summed E-state index contributed by atoms with van der Waals surface area (Å²) < 4.78 is 34.4. The summed E-state index contributed by atoms with van der Waals surface area (Å²) in [6, 6.07) is 13.8. The number of nitrogens with zero attached hydrogens (tertiary/aromatic N) is 6. The molecule has 1 saturated heterocycles. The molecule has 3 heterocycles. The highest BCUT2D eigenvalue weighted by molar-refractivity contribution is 7.89. The third-order valence-electron chi connectivity index (χ3n) is 6.05. The number of hydrogen-bond acceptors (Lipinski definition) is 9. The molecule has 1 amide bonds. The van der Waals surface area contributed by atoms with Crippen LogP contribution in [0.3, 0.4) is 0 Å². The van der Waals surface area contributed by atoms with E-state index in [1.54, 1.807) is 53.3 Å². The Morgan fingerprint density at radius 2 is 1.86 bits per heavy atom. The van der Waals surface area contributed by atoms with Crippen LogP contribution in [0.2, 0.25) is 0 Å². The van der Waals surface area contributed by atoms with E-state index in [1.807, 2.05) is 25.1 Å². The number of nitrogens with two attached hydrogens (primary N) is 1. The summed E-state index contributed by atoms with van der Waals surface area (Å²) in [5, 5.41) is 4.72. The number of amides is 1. The summed E-state index contributed by atoms with van der Waals surface area (Å²) in [4.78, 5) is 25.6. The zero-order valence-corrected chi connectivity index (χ0v) is 21.1. The highest BCUT2D eigenvalue weighted by Gasteiger charge is 2.26. The first-order valence-electron chi connectivity index (χ1n) is 11.6. The van der Waals surface area contributed by atoms with Crippen molar-refractivity contribution in [1.82, 2.24) is 23.9 Å². The van der Waals surface area contributed by atoms with E-state index in [4.69, 9.17) is 10.5 Å². The molecule has 3 N–H and O–H groups in total. The predicted molar refractivity (Wildman–Crippen MR) is 138 cm³/mol. The number of anilines is 3. The van der Waals surface area contributed by atoms with Gasteiger partial charge in [0.1, 0.15) is 0 Å². The van der Waals surface area contributed by atoms with Gasteiger partial charge in [-0.15, -0.1) is 0 Å². The molecule has 0 bridgehead atoms. The van der Waals surface area contributed by atoms with Crippen molar-refractivity contribution in [2.75, 3.05) is 43.7 Å². The van der Waals surface area contributed by atoms with Crippen molar-refractivity contribution < 1.29 is 17.9 Å². The van der Waals surface area contributed by atoms with E-state index in [-0.39, 0.29) is 16.7 Å². The van der Waals surface area contributed by atoms with Crippen LogP contribution >= 0.6 is 0 Å². The lowest BCUT2D eigenvalue weighted by Gasteiger charge is -2.26. The smallest absolute Gasteiger partial charge is 0.286 e. The first-order chi connectivity index (χ1) is 17.8. The van der Waals surface area contributed by atoms with Crippen molar-refractivity contribution in [3.8, 4) is 0 Å². The Bertz CT molecular complexity index is 1580. The summed E-state index contributed by atoms with van der Waals surface area (Å²) in [6.07, 6.45) is 1.56. The number of para-hydroxylation sites is 1. The monoisotopic (exact) mass is 522 g/mol. The van der Waals surface area contributed by atoms with Crippen LogP contribution in [0.5, 0.6) is 0 Å². The van der Waals surface area contributed by atoms with Crippen LogP contribution in [0, 0.1) is 6.92 Å². The van der Waals surface area contributed by atoms with E-state index in [2.05, 4.69) is 20.3 Å². The van der Waals surface area contributed by atoms with E-state index in [0.29, 0.717) is 48.8 Å². The van der Waals surface area contributed by atoms with Gasteiger partial charge in [0.15, 0.2) is 5.82 Å². The molecule has 1 aliphatic rings. The lowest BCUT2D eigenvalue weighted by atomic mass is 10.2. The van der Waals surface area contributed by atoms with Crippen LogP contribution < -0.4 is 16.1 Å². The Balaban J connectivity index is 1.45. The average Bonchev–Trinajstić information content (AvgIpc) is 3.30. The van der Waals surface area contributed by atoms with Crippen LogP contribution in [0.4, 0.5) is 17.5 Å². The topological polar surface area (TPSA) is 149 Å². The number of aryl methyl sites for hydroxylation is 1. The van der Waals surface area contributed by atoms with Crippen molar-refractivity contribution in [3.05, 3.63) is 66.1 Å². The maximum atomic E-state index is 13.0. The fourth-order valence-electron chi connectivity index (χ4n) is 4.18. The molecular weight excluding hydrogens is 496 g/mol. The quantitative estimate of drug-likeness (QED) is 0.371. The molecule has 1 fully saturated rings. The first-order valence-corrected chi connectivity index (χ1v) is 13.0. The number of imidazole rings is 1. The van der Waals surface area contributed by atoms with Gasteiger partial charge in [0.2, 0.25) is 21.8 Å². The number of hydrogen-bond donors (Lipinski definition) is 2. The highest BCUT2D eigenvalue weighted by Crippen LogP contribution is 2.25.